The Kier molecular flexibility index (Phi) is 50.3. The van der Waals surface area contributed by atoms with E-state index in [1.54, 1.807) is 0 Å². The van der Waals surface area contributed by atoms with E-state index in [0.29, 0.717) is 0 Å². The van der Waals surface area contributed by atoms with Crippen molar-refractivity contribution in [1.82, 2.24) is 0 Å². The maximum absolute atomic E-state index is 7.04. The Morgan fingerprint density at radius 2 is 1.00 bits per heavy atom. The summed E-state index contributed by atoms with van der Waals surface area (Å²) in [6, 6.07) is 0. The molecule has 0 fully saturated rings. The van der Waals surface area contributed by atoms with Crippen LogP contribution in [-0.4, -0.2) is 9.11 Å². The van der Waals surface area contributed by atoms with Crippen molar-refractivity contribution < 1.29 is 74.5 Å². The van der Waals surface area contributed by atoms with Crippen molar-refractivity contribution in [1.29, 1.82) is 0 Å². The monoisotopic (exact) mass is 244 g/mol. The molecule has 0 aliphatic carbocycles. The number of hydrogen-bond donors (Lipinski definition) is 2. The second-order valence-corrected chi connectivity index (χ2v) is 0.245. The minimum atomic E-state index is -0.250. The molecule has 5 heteroatoms. The summed E-state index contributed by atoms with van der Waals surface area (Å²) in [4.78, 5) is 0. The number of hydrogen-bond acceptors (Lipinski definition) is 3. The van der Waals surface area contributed by atoms with Gasteiger partial charge >= 0.3 is 0 Å². The third-order valence-electron chi connectivity index (χ3n) is 0. The van der Waals surface area contributed by atoms with Gasteiger partial charge in [0.2, 0.25) is 0 Å². The van der Waals surface area contributed by atoms with Gasteiger partial charge in [0.05, 0.1) is 0 Å². The van der Waals surface area contributed by atoms with Crippen molar-refractivity contribution in [2.45, 2.75) is 0 Å². The van der Waals surface area contributed by atoms with Gasteiger partial charge < -0.3 is 9.11 Å². The quantitative estimate of drug-likeness (QED) is 0.615. The molecule has 0 aromatic rings. The SMILES string of the molecule is OSO.[Y].[Y]. The van der Waals surface area contributed by atoms with Crippen LogP contribution >= 0.6 is 12.3 Å². The molecule has 0 rings (SSSR count). The van der Waals surface area contributed by atoms with Crippen LogP contribution in [0.4, 0.5) is 0 Å². The largest absolute Gasteiger partial charge is 0.307 e. The molecule has 2 radical (unpaired) electrons. The van der Waals surface area contributed by atoms with Crippen molar-refractivity contribution in [3.8, 4) is 0 Å². The van der Waals surface area contributed by atoms with Gasteiger partial charge in [-0.15, -0.1) is 0 Å². The van der Waals surface area contributed by atoms with E-state index in [9.17, 15) is 0 Å². The van der Waals surface area contributed by atoms with Gasteiger partial charge in [0.25, 0.3) is 0 Å². The molecule has 2 nitrogen and oxygen atoms in total. The molecule has 0 aromatic heterocycles. The predicted molar refractivity (Wildman–Crippen MR) is 12.8 cm³/mol. The molecular weight excluding hydrogens is 242 g/mol. The molecule has 0 atom stereocenters. The zero-order valence-electron chi connectivity index (χ0n) is 2.46. The van der Waals surface area contributed by atoms with Crippen LogP contribution in [0.2, 0.25) is 0 Å². The smallest absolute Gasteiger partial charge is 0.152 e. The van der Waals surface area contributed by atoms with Crippen LogP contribution in [0.25, 0.3) is 0 Å². The fourth-order valence-corrected chi connectivity index (χ4v) is 0. The Labute approximate surface area is 85.3 Å². The van der Waals surface area contributed by atoms with E-state index in [4.69, 9.17) is 9.11 Å². The molecule has 0 aliphatic rings. The van der Waals surface area contributed by atoms with Crippen LogP contribution in [0.15, 0.2) is 0 Å². The Morgan fingerprint density at radius 1 is 1.00 bits per heavy atom. The first kappa shape index (κ1) is 15.6. The van der Waals surface area contributed by atoms with Gasteiger partial charge in [-0.2, -0.15) is 0 Å². The Balaban J connectivity index is -0.0000000200. The van der Waals surface area contributed by atoms with E-state index in [1.165, 1.54) is 0 Å². The Bertz CT molecular complexity index is 7.61. The first-order chi connectivity index (χ1) is 1.41. The normalized spacial score (nSPS) is 3.60. The molecule has 26 valence electrons. The molecule has 0 spiro atoms. The standard InChI is InChI=1S/H2O2S.2Y/c1-3-2;;/h1-2H;;. The molecule has 0 aliphatic heterocycles. The Hall–Kier alpha value is 2.48. The van der Waals surface area contributed by atoms with Crippen molar-refractivity contribution in [3.63, 3.8) is 0 Å². The summed E-state index contributed by atoms with van der Waals surface area (Å²) >= 11 is -0.250. The molecule has 0 unspecified atom stereocenters. The third-order valence-corrected chi connectivity index (χ3v) is 0. The van der Waals surface area contributed by atoms with E-state index < -0.39 is 0 Å². The van der Waals surface area contributed by atoms with Crippen molar-refractivity contribution in [2.24, 2.45) is 0 Å². The van der Waals surface area contributed by atoms with Gasteiger partial charge in [0, 0.05) is 65.4 Å². The molecule has 5 heavy (non-hydrogen) atoms. The zero-order valence-corrected chi connectivity index (χ0v) is 8.95. The van der Waals surface area contributed by atoms with Gasteiger partial charge in [-0.3, -0.25) is 0 Å². The summed E-state index contributed by atoms with van der Waals surface area (Å²) in [5, 5.41) is 0. The van der Waals surface area contributed by atoms with E-state index in [1.807, 2.05) is 0 Å². The third kappa shape index (κ3) is 21.2. The summed E-state index contributed by atoms with van der Waals surface area (Å²) in [5.41, 5.74) is 0. The van der Waals surface area contributed by atoms with Gasteiger partial charge in [-0.1, -0.05) is 0 Å². The predicted octanol–water partition coefficient (Wildman–Crippen LogP) is 0.661. The van der Waals surface area contributed by atoms with Crippen molar-refractivity contribution in [2.75, 3.05) is 0 Å². The molecule has 0 bridgehead atoms. The summed E-state index contributed by atoms with van der Waals surface area (Å²) < 4.78 is 14.1. The molecule has 0 saturated carbocycles. The van der Waals surface area contributed by atoms with E-state index in [0.717, 1.165) is 0 Å². The maximum atomic E-state index is 7.04. The Morgan fingerprint density at radius 3 is 1.00 bits per heavy atom. The molecule has 2 N–H and O–H groups in total. The number of rotatable bonds is 0. The van der Waals surface area contributed by atoms with Gasteiger partial charge in [0.15, 0.2) is 12.3 Å². The van der Waals surface area contributed by atoms with Crippen LogP contribution in [0.1, 0.15) is 0 Å². The van der Waals surface area contributed by atoms with Crippen LogP contribution in [0.5, 0.6) is 0 Å². The fraction of sp³-hybridized carbons (Fsp3) is 0. The molecule has 0 aromatic carbocycles. The maximum Gasteiger partial charge on any atom is 0.152 e. The second kappa shape index (κ2) is 16.1. The first-order valence-corrected chi connectivity index (χ1v) is 1.10. The fourth-order valence-electron chi connectivity index (χ4n) is 0. The van der Waals surface area contributed by atoms with Gasteiger partial charge in [-0.25, -0.2) is 0 Å². The molecule has 0 saturated heterocycles. The summed E-state index contributed by atoms with van der Waals surface area (Å²) in [6.07, 6.45) is 0. The van der Waals surface area contributed by atoms with Crippen molar-refractivity contribution >= 4 is 12.3 Å². The van der Waals surface area contributed by atoms with E-state index >= 15 is 0 Å². The molecule has 0 amide bonds. The van der Waals surface area contributed by atoms with Gasteiger partial charge in [0.1, 0.15) is 0 Å². The van der Waals surface area contributed by atoms with Crippen LogP contribution in [-0.2, 0) is 65.4 Å². The average Bonchev–Trinajstić information content (AvgIpc) is 0.918. The minimum Gasteiger partial charge on any atom is -0.307 e. The second-order valence-electron chi connectivity index (χ2n) is 0.0816. The molecule has 0 heterocycles. The summed E-state index contributed by atoms with van der Waals surface area (Å²) in [6.45, 7) is 0. The molecular formula is H2O2SY2. The average molecular weight is 244 g/mol. The van der Waals surface area contributed by atoms with Gasteiger partial charge in [-0.05, 0) is 0 Å². The first-order valence-electron chi connectivity index (χ1n) is 0.365. The minimum absolute atomic E-state index is 0. The zero-order chi connectivity index (χ0) is 2.71. The van der Waals surface area contributed by atoms with Crippen LogP contribution in [0, 0.1) is 0 Å². The topological polar surface area (TPSA) is 40.5 Å². The van der Waals surface area contributed by atoms with E-state index in [2.05, 4.69) is 0 Å². The van der Waals surface area contributed by atoms with Crippen molar-refractivity contribution in [3.05, 3.63) is 0 Å². The summed E-state index contributed by atoms with van der Waals surface area (Å²) in [5.74, 6) is 0. The summed E-state index contributed by atoms with van der Waals surface area (Å²) in [7, 11) is 0. The van der Waals surface area contributed by atoms with E-state index in [-0.39, 0.29) is 77.7 Å². The van der Waals surface area contributed by atoms with Crippen LogP contribution in [0.3, 0.4) is 0 Å². The van der Waals surface area contributed by atoms with Crippen LogP contribution < -0.4 is 0 Å².